The van der Waals surface area contributed by atoms with Crippen LogP contribution >= 0.6 is 0 Å². The molecular weight excluding hydrogens is 254 g/mol. The maximum atomic E-state index is 10.6. The molecule has 2 rings (SSSR count). The highest BCUT2D eigenvalue weighted by molar-refractivity contribution is 5.75. The van der Waals surface area contributed by atoms with E-state index in [2.05, 4.69) is 24.2 Å². The van der Waals surface area contributed by atoms with Crippen LogP contribution in [0.15, 0.2) is 24.3 Å². The molecule has 3 N–H and O–H groups in total. The van der Waals surface area contributed by atoms with Gasteiger partial charge in [-0.2, -0.15) is 0 Å². The first-order valence-electron chi connectivity index (χ1n) is 7.02. The van der Waals surface area contributed by atoms with Gasteiger partial charge in [0.1, 0.15) is 5.75 Å². The first-order valence-corrected chi connectivity index (χ1v) is 7.02. The molecule has 1 heterocycles. The van der Waals surface area contributed by atoms with E-state index in [1.54, 1.807) is 0 Å². The van der Waals surface area contributed by atoms with Crippen molar-refractivity contribution in [2.75, 3.05) is 25.5 Å². The predicted molar refractivity (Wildman–Crippen MR) is 79.9 cm³/mol. The summed E-state index contributed by atoms with van der Waals surface area (Å²) in [5, 5.41) is 3.55. The Balaban J connectivity index is 1.86. The second-order valence-corrected chi connectivity index (χ2v) is 5.47. The SMILES string of the molecule is CC1CC(Nc2ccc(OCC(N)=O)cc2)CCN1C. The summed E-state index contributed by atoms with van der Waals surface area (Å²) in [7, 11) is 2.17. The van der Waals surface area contributed by atoms with Crippen LogP contribution in [0.25, 0.3) is 0 Å². The molecule has 110 valence electrons. The monoisotopic (exact) mass is 277 g/mol. The van der Waals surface area contributed by atoms with Crippen LogP contribution in [0.4, 0.5) is 5.69 Å². The molecule has 1 aromatic carbocycles. The number of nitrogens with one attached hydrogen (secondary N) is 1. The number of nitrogens with two attached hydrogens (primary N) is 1. The van der Waals surface area contributed by atoms with Crippen LogP contribution in [0.1, 0.15) is 19.8 Å². The van der Waals surface area contributed by atoms with Gasteiger partial charge in [0.15, 0.2) is 6.61 Å². The van der Waals surface area contributed by atoms with E-state index in [1.165, 1.54) is 0 Å². The second kappa shape index (κ2) is 6.61. The molecular formula is C15H23N3O2. The van der Waals surface area contributed by atoms with E-state index < -0.39 is 5.91 Å². The molecule has 0 spiro atoms. The second-order valence-electron chi connectivity index (χ2n) is 5.47. The van der Waals surface area contributed by atoms with Gasteiger partial charge >= 0.3 is 0 Å². The minimum absolute atomic E-state index is 0.0841. The molecule has 2 unspecified atom stereocenters. The number of benzene rings is 1. The lowest BCUT2D eigenvalue weighted by molar-refractivity contribution is -0.119. The van der Waals surface area contributed by atoms with Crippen molar-refractivity contribution in [2.45, 2.75) is 31.8 Å². The van der Waals surface area contributed by atoms with Gasteiger partial charge in [0, 0.05) is 24.3 Å². The first-order chi connectivity index (χ1) is 9.54. The molecule has 1 amide bonds. The van der Waals surface area contributed by atoms with Gasteiger partial charge in [-0.05, 0) is 51.1 Å². The number of primary amides is 1. The third-order valence-corrected chi connectivity index (χ3v) is 3.81. The first kappa shape index (κ1) is 14.7. The van der Waals surface area contributed by atoms with Crippen molar-refractivity contribution in [2.24, 2.45) is 5.73 Å². The lowest BCUT2D eigenvalue weighted by Crippen LogP contribution is -2.42. The van der Waals surface area contributed by atoms with Crippen LogP contribution < -0.4 is 15.8 Å². The van der Waals surface area contributed by atoms with Crippen molar-refractivity contribution >= 4 is 11.6 Å². The smallest absolute Gasteiger partial charge is 0.255 e. The van der Waals surface area contributed by atoms with E-state index in [-0.39, 0.29) is 6.61 Å². The zero-order valence-corrected chi connectivity index (χ0v) is 12.1. The highest BCUT2D eigenvalue weighted by Gasteiger charge is 2.22. The van der Waals surface area contributed by atoms with Crippen LogP contribution in [0, 0.1) is 0 Å². The predicted octanol–water partition coefficient (Wildman–Crippen LogP) is 1.45. The molecule has 20 heavy (non-hydrogen) atoms. The fourth-order valence-corrected chi connectivity index (χ4v) is 2.46. The summed E-state index contributed by atoms with van der Waals surface area (Å²) < 4.78 is 5.23. The van der Waals surface area contributed by atoms with Crippen LogP contribution in [-0.4, -0.2) is 43.1 Å². The zero-order chi connectivity index (χ0) is 14.5. The molecule has 0 radical (unpaired) electrons. The van der Waals surface area contributed by atoms with Crippen molar-refractivity contribution in [3.05, 3.63) is 24.3 Å². The minimum Gasteiger partial charge on any atom is -0.484 e. The molecule has 1 fully saturated rings. The molecule has 0 aromatic heterocycles. The molecule has 0 saturated carbocycles. The number of likely N-dealkylation sites (tertiary alicyclic amines) is 1. The van der Waals surface area contributed by atoms with Crippen LogP contribution in [-0.2, 0) is 4.79 Å². The maximum absolute atomic E-state index is 10.6. The maximum Gasteiger partial charge on any atom is 0.255 e. The number of rotatable bonds is 5. The molecule has 0 bridgehead atoms. The summed E-state index contributed by atoms with van der Waals surface area (Å²) in [6.07, 6.45) is 2.30. The molecule has 2 atom stereocenters. The summed E-state index contributed by atoms with van der Waals surface area (Å²) in [6.45, 7) is 3.30. The third-order valence-electron chi connectivity index (χ3n) is 3.81. The average Bonchev–Trinajstić information content (AvgIpc) is 2.42. The Morgan fingerprint density at radius 1 is 1.45 bits per heavy atom. The normalized spacial score (nSPS) is 23.3. The number of hydrogen-bond donors (Lipinski definition) is 2. The summed E-state index contributed by atoms with van der Waals surface area (Å²) in [5.74, 6) is 0.193. The number of carbonyl (C=O) groups is 1. The lowest BCUT2D eigenvalue weighted by atomic mass is 9.99. The Morgan fingerprint density at radius 3 is 2.75 bits per heavy atom. The Morgan fingerprint density at radius 2 is 2.15 bits per heavy atom. The van der Waals surface area contributed by atoms with Crippen molar-refractivity contribution in [3.63, 3.8) is 0 Å². The Bertz CT molecular complexity index is 447. The Labute approximate surface area is 120 Å². The van der Waals surface area contributed by atoms with Crippen LogP contribution in [0.2, 0.25) is 0 Å². The van der Waals surface area contributed by atoms with E-state index in [9.17, 15) is 4.79 Å². The zero-order valence-electron chi connectivity index (χ0n) is 12.1. The number of hydrogen-bond acceptors (Lipinski definition) is 4. The van der Waals surface area contributed by atoms with Gasteiger partial charge in [0.25, 0.3) is 5.91 Å². The van der Waals surface area contributed by atoms with Gasteiger partial charge in [-0.1, -0.05) is 0 Å². The van der Waals surface area contributed by atoms with Gasteiger partial charge in [0.05, 0.1) is 0 Å². The standard InChI is InChI=1S/C15H23N3O2/c1-11-9-13(7-8-18(11)2)17-12-3-5-14(6-4-12)20-10-15(16)19/h3-6,11,13,17H,7-10H2,1-2H3,(H2,16,19). The van der Waals surface area contributed by atoms with Crippen LogP contribution in [0.3, 0.4) is 0 Å². The van der Waals surface area contributed by atoms with Gasteiger partial charge in [0.2, 0.25) is 0 Å². The summed E-state index contributed by atoms with van der Waals surface area (Å²) >= 11 is 0. The largest absolute Gasteiger partial charge is 0.484 e. The number of carbonyl (C=O) groups excluding carboxylic acids is 1. The molecule has 1 aliphatic rings. The highest BCUT2D eigenvalue weighted by atomic mass is 16.5. The van der Waals surface area contributed by atoms with Crippen molar-refractivity contribution in [1.82, 2.24) is 4.90 Å². The van der Waals surface area contributed by atoms with Crippen LogP contribution in [0.5, 0.6) is 5.75 Å². The Kier molecular flexibility index (Phi) is 4.84. The fraction of sp³-hybridized carbons (Fsp3) is 0.533. The van der Waals surface area contributed by atoms with E-state index >= 15 is 0 Å². The number of piperidine rings is 1. The lowest BCUT2D eigenvalue weighted by Gasteiger charge is -2.35. The number of amides is 1. The number of anilines is 1. The topological polar surface area (TPSA) is 67.6 Å². The average molecular weight is 277 g/mol. The van der Waals surface area contributed by atoms with E-state index in [0.29, 0.717) is 17.8 Å². The number of nitrogens with zero attached hydrogens (tertiary/aromatic N) is 1. The molecule has 5 nitrogen and oxygen atoms in total. The molecule has 1 aromatic rings. The van der Waals surface area contributed by atoms with Crippen molar-refractivity contribution in [3.8, 4) is 5.75 Å². The van der Waals surface area contributed by atoms with Crippen molar-refractivity contribution < 1.29 is 9.53 Å². The van der Waals surface area contributed by atoms with E-state index in [0.717, 1.165) is 25.1 Å². The minimum atomic E-state index is -0.465. The molecule has 1 aliphatic heterocycles. The quantitative estimate of drug-likeness (QED) is 0.854. The fourth-order valence-electron chi connectivity index (χ4n) is 2.46. The highest BCUT2D eigenvalue weighted by Crippen LogP contribution is 2.21. The van der Waals surface area contributed by atoms with Gasteiger partial charge < -0.3 is 20.7 Å². The summed E-state index contributed by atoms with van der Waals surface area (Å²) in [6, 6.07) is 8.77. The Hall–Kier alpha value is -1.75. The summed E-state index contributed by atoms with van der Waals surface area (Å²) in [4.78, 5) is 13.0. The van der Waals surface area contributed by atoms with Crippen molar-refractivity contribution in [1.29, 1.82) is 0 Å². The third kappa shape index (κ3) is 4.13. The van der Waals surface area contributed by atoms with E-state index in [4.69, 9.17) is 10.5 Å². The molecule has 1 saturated heterocycles. The van der Waals surface area contributed by atoms with Gasteiger partial charge in [-0.3, -0.25) is 4.79 Å². The van der Waals surface area contributed by atoms with Gasteiger partial charge in [-0.25, -0.2) is 0 Å². The molecule has 5 heteroatoms. The van der Waals surface area contributed by atoms with Gasteiger partial charge in [-0.15, -0.1) is 0 Å². The number of ether oxygens (including phenoxy) is 1. The van der Waals surface area contributed by atoms with E-state index in [1.807, 2.05) is 24.3 Å². The molecule has 0 aliphatic carbocycles. The summed E-state index contributed by atoms with van der Waals surface area (Å²) in [5.41, 5.74) is 6.12.